The number of rotatable bonds is 5. The third kappa shape index (κ3) is 4.53. The summed E-state index contributed by atoms with van der Waals surface area (Å²) >= 11 is 0. The lowest BCUT2D eigenvalue weighted by atomic mass is 9.87. The van der Waals surface area contributed by atoms with Gasteiger partial charge in [0, 0.05) is 29.7 Å². The van der Waals surface area contributed by atoms with Gasteiger partial charge < -0.3 is 9.30 Å². The van der Waals surface area contributed by atoms with E-state index in [1.807, 2.05) is 13.8 Å². The van der Waals surface area contributed by atoms with Crippen molar-refractivity contribution >= 4 is 22.4 Å². The van der Waals surface area contributed by atoms with E-state index in [2.05, 4.69) is 80.1 Å². The number of nitrogens with zero attached hydrogens (tertiary/aromatic N) is 1. The minimum atomic E-state index is -0.295. The third-order valence-electron chi connectivity index (χ3n) is 5.02. The van der Waals surface area contributed by atoms with Gasteiger partial charge in [0.15, 0.2) is 0 Å². The maximum absolute atomic E-state index is 11.7. The molecule has 1 heterocycles. The van der Waals surface area contributed by atoms with Crippen LogP contribution in [0.4, 0.5) is 0 Å². The van der Waals surface area contributed by atoms with Gasteiger partial charge in [-0.2, -0.15) is 0 Å². The van der Waals surface area contributed by atoms with E-state index in [0.29, 0.717) is 6.61 Å². The summed E-state index contributed by atoms with van der Waals surface area (Å²) in [5.74, 6) is -0.295. The van der Waals surface area contributed by atoms with Crippen molar-refractivity contribution in [1.82, 2.24) is 4.57 Å². The van der Waals surface area contributed by atoms with Crippen molar-refractivity contribution in [2.75, 3.05) is 6.61 Å². The summed E-state index contributed by atoms with van der Waals surface area (Å²) in [5.41, 5.74) is 5.94. The molecule has 0 aliphatic rings. The highest BCUT2D eigenvalue weighted by Crippen LogP contribution is 2.25. The molecular formula is C25H29NO2. The molecule has 0 spiro atoms. The molecule has 2 aromatic carbocycles. The van der Waals surface area contributed by atoms with Gasteiger partial charge in [0.05, 0.1) is 6.61 Å². The molecule has 0 saturated heterocycles. The highest BCUT2D eigenvalue weighted by molar-refractivity contribution is 5.92. The molecule has 0 unspecified atom stereocenters. The van der Waals surface area contributed by atoms with E-state index in [1.165, 1.54) is 22.0 Å². The molecule has 3 rings (SSSR count). The second kappa shape index (κ2) is 8.05. The van der Waals surface area contributed by atoms with Crippen molar-refractivity contribution in [2.45, 2.75) is 46.6 Å². The monoisotopic (exact) mass is 375 g/mol. The van der Waals surface area contributed by atoms with Gasteiger partial charge in [-0.05, 0) is 59.7 Å². The summed E-state index contributed by atoms with van der Waals surface area (Å²) in [7, 11) is 0. The van der Waals surface area contributed by atoms with Crippen molar-refractivity contribution in [1.29, 1.82) is 0 Å². The number of esters is 1. The lowest BCUT2D eigenvalue weighted by Crippen LogP contribution is -2.10. The molecule has 0 aliphatic heterocycles. The summed E-state index contributed by atoms with van der Waals surface area (Å²) in [6.07, 6.45) is 3.68. The molecule has 3 nitrogen and oxygen atoms in total. The fraction of sp³-hybridized carbons (Fsp3) is 0.320. The van der Waals surface area contributed by atoms with Gasteiger partial charge in [-0.15, -0.1) is 0 Å². The second-order valence-corrected chi connectivity index (χ2v) is 8.24. The molecular weight excluding hydrogens is 346 g/mol. The molecule has 0 bridgehead atoms. The first-order chi connectivity index (χ1) is 13.3. The lowest BCUT2D eigenvalue weighted by molar-refractivity contribution is -0.137. The zero-order valence-corrected chi connectivity index (χ0v) is 17.5. The van der Waals surface area contributed by atoms with Crippen LogP contribution in [0.15, 0.2) is 60.8 Å². The number of ether oxygens (including phenoxy) is 1. The van der Waals surface area contributed by atoms with Crippen LogP contribution in [0.1, 0.15) is 51.3 Å². The average molecular weight is 376 g/mol. The van der Waals surface area contributed by atoms with E-state index >= 15 is 0 Å². The van der Waals surface area contributed by atoms with E-state index in [-0.39, 0.29) is 11.4 Å². The van der Waals surface area contributed by atoms with E-state index < -0.39 is 0 Å². The van der Waals surface area contributed by atoms with Crippen LogP contribution in [-0.2, 0) is 21.5 Å². The minimum absolute atomic E-state index is 0.171. The number of hydrogen-bond acceptors (Lipinski definition) is 2. The molecule has 0 N–H and O–H groups in total. The van der Waals surface area contributed by atoms with Crippen LogP contribution >= 0.6 is 0 Å². The number of carbonyl (C=O) groups is 1. The normalized spacial score (nSPS) is 12.4. The molecule has 0 atom stereocenters. The number of aromatic nitrogens is 1. The smallest absolute Gasteiger partial charge is 0.331 e. The Morgan fingerprint density at radius 1 is 1.07 bits per heavy atom. The summed E-state index contributed by atoms with van der Waals surface area (Å²) in [5, 5.41) is 1.17. The predicted molar refractivity (Wildman–Crippen MR) is 116 cm³/mol. The molecule has 3 aromatic rings. The number of benzene rings is 2. The van der Waals surface area contributed by atoms with Gasteiger partial charge in [0.1, 0.15) is 0 Å². The Morgan fingerprint density at radius 2 is 1.79 bits per heavy atom. The zero-order valence-electron chi connectivity index (χ0n) is 17.5. The van der Waals surface area contributed by atoms with E-state index in [4.69, 9.17) is 4.74 Å². The molecule has 0 aliphatic carbocycles. The Labute approximate surface area is 167 Å². The predicted octanol–water partition coefficient (Wildman–Crippen LogP) is 5.95. The number of allylic oxidation sites excluding steroid dienone is 1. The fourth-order valence-corrected chi connectivity index (χ4v) is 3.33. The van der Waals surface area contributed by atoms with Crippen LogP contribution in [0.25, 0.3) is 16.5 Å². The van der Waals surface area contributed by atoms with Gasteiger partial charge in [-0.25, -0.2) is 4.79 Å². The maximum atomic E-state index is 11.7. The van der Waals surface area contributed by atoms with Crippen LogP contribution in [0.5, 0.6) is 0 Å². The van der Waals surface area contributed by atoms with Crippen molar-refractivity contribution in [3.63, 3.8) is 0 Å². The standard InChI is InChI=1S/C25H29NO2/c1-6-28-24(27)15-18(2)20-9-12-23-21(16-20)13-14-26(23)17-19-7-10-22(11-8-19)25(3,4)5/h7-16H,6,17H2,1-5H3/b18-15+. The van der Waals surface area contributed by atoms with E-state index in [1.54, 1.807) is 6.08 Å². The fourth-order valence-electron chi connectivity index (χ4n) is 3.33. The first-order valence-electron chi connectivity index (χ1n) is 9.81. The Balaban J connectivity index is 1.82. The van der Waals surface area contributed by atoms with Gasteiger partial charge in [-0.3, -0.25) is 0 Å². The Kier molecular flexibility index (Phi) is 5.73. The third-order valence-corrected chi connectivity index (χ3v) is 5.02. The van der Waals surface area contributed by atoms with Crippen LogP contribution in [0.3, 0.4) is 0 Å². The lowest BCUT2D eigenvalue weighted by Gasteiger charge is -2.19. The van der Waals surface area contributed by atoms with Crippen molar-refractivity contribution in [2.24, 2.45) is 0 Å². The molecule has 0 amide bonds. The molecule has 0 radical (unpaired) electrons. The largest absolute Gasteiger partial charge is 0.463 e. The molecule has 28 heavy (non-hydrogen) atoms. The molecule has 146 valence electrons. The van der Waals surface area contributed by atoms with Crippen LogP contribution < -0.4 is 0 Å². The van der Waals surface area contributed by atoms with Gasteiger partial charge >= 0.3 is 5.97 Å². The molecule has 0 fully saturated rings. The first-order valence-corrected chi connectivity index (χ1v) is 9.81. The summed E-state index contributed by atoms with van der Waals surface area (Å²) in [4.78, 5) is 11.7. The topological polar surface area (TPSA) is 31.2 Å². The summed E-state index contributed by atoms with van der Waals surface area (Å²) < 4.78 is 7.26. The molecule has 1 aromatic heterocycles. The zero-order chi connectivity index (χ0) is 20.3. The Morgan fingerprint density at radius 3 is 2.43 bits per heavy atom. The van der Waals surface area contributed by atoms with Gasteiger partial charge in [0.2, 0.25) is 0 Å². The van der Waals surface area contributed by atoms with E-state index in [0.717, 1.165) is 17.7 Å². The second-order valence-electron chi connectivity index (χ2n) is 8.24. The average Bonchev–Trinajstić information content (AvgIpc) is 3.03. The van der Waals surface area contributed by atoms with Gasteiger partial charge in [-0.1, -0.05) is 51.1 Å². The quantitative estimate of drug-likeness (QED) is 0.407. The van der Waals surface area contributed by atoms with Crippen LogP contribution in [0, 0.1) is 0 Å². The first kappa shape index (κ1) is 19.9. The van der Waals surface area contributed by atoms with E-state index in [9.17, 15) is 4.79 Å². The van der Waals surface area contributed by atoms with Crippen LogP contribution in [0.2, 0.25) is 0 Å². The van der Waals surface area contributed by atoms with Crippen LogP contribution in [-0.4, -0.2) is 17.1 Å². The van der Waals surface area contributed by atoms with Crippen molar-refractivity contribution in [3.05, 3.63) is 77.5 Å². The Hall–Kier alpha value is -2.81. The van der Waals surface area contributed by atoms with Gasteiger partial charge in [0.25, 0.3) is 0 Å². The molecule has 0 saturated carbocycles. The summed E-state index contributed by atoms with van der Waals surface area (Å²) in [6, 6.07) is 17.3. The summed E-state index contributed by atoms with van der Waals surface area (Å²) in [6.45, 7) is 11.7. The highest BCUT2D eigenvalue weighted by atomic mass is 16.5. The van der Waals surface area contributed by atoms with Crippen molar-refractivity contribution in [3.8, 4) is 0 Å². The maximum Gasteiger partial charge on any atom is 0.331 e. The Bertz CT molecular complexity index is 1000. The number of hydrogen-bond donors (Lipinski definition) is 0. The molecule has 3 heteroatoms. The van der Waals surface area contributed by atoms with Crippen molar-refractivity contribution < 1.29 is 9.53 Å². The highest BCUT2D eigenvalue weighted by Gasteiger charge is 2.13. The SMILES string of the molecule is CCOC(=O)/C=C(\C)c1ccc2c(ccn2Cc2ccc(C(C)(C)C)cc2)c1. The number of fused-ring (bicyclic) bond motifs is 1. The minimum Gasteiger partial charge on any atom is -0.463 e. The number of carbonyl (C=O) groups excluding carboxylic acids is 1.